The van der Waals surface area contributed by atoms with Crippen molar-refractivity contribution >= 4 is 16.7 Å². The Labute approximate surface area is 134 Å². The predicted octanol–water partition coefficient (Wildman–Crippen LogP) is 3.55. The Kier molecular flexibility index (Phi) is 3.34. The number of benzene rings is 2. The van der Waals surface area contributed by atoms with Gasteiger partial charge < -0.3 is 14.4 Å². The largest absolute Gasteiger partial charge is 0.456 e. The van der Waals surface area contributed by atoms with Crippen LogP contribution in [0.1, 0.15) is 31.4 Å². The molecule has 4 heteroatoms. The van der Waals surface area contributed by atoms with Crippen molar-refractivity contribution < 1.29 is 9.52 Å². The minimum Gasteiger partial charge on any atom is -0.456 e. The number of rotatable bonds is 2. The Balaban J connectivity index is 2.00. The van der Waals surface area contributed by atoms with E-state index in [-0.39, 0.29) is 5.43 Å². The number of aliphatic hydroxyl groups excluding tert-OH is 1. The van der Waals surface area contributed by atoms with E-state index < -0.39 is 6.10 Å². The zero-order valence-electron chi connectivity index (χ0n) is 13.1. The maximum absolute atomic E-state index is 11.6. The first-order chi connectivity index (χ1) is 11.1. The van der Waals surface area contributed by atoms with Gasteiger partial charge in [-0.25, -0.2) is 0 Å². The van der Waals surface area contributed by atoms with Crippen LogP contribution in [0.2, 0.25) is 0 Å². The van der Waals surface area contributed by atoms with Gasteiger partial charge in [0.2, 0.25) is 0 Å². The minimum absolute atomic E-state index is 0.0900. The van der Waals surface area contributed by atoms with E-state index in [1.54, 1.807) is 13.0 Å². The summed E-state index contributed by atoms with van der Waals surface area (Å²) < 4.78 is 5.98. The summed E-state index contributed by atoms with van der Waals surface area (Å²) in [6.07, 6.45) is 1.79. The van der Waals surface area contributed by atoms with Crippen molar-refractivity contribution in [2.24, 2.45) is 0 Å². The topological polar surface area (TPSA) is 53.7 Å². The van der Waals surface area contributed by atoms with E-state index in [9.17, 15) is 9.90 Å². The van der Waals surface area contributed by atoms with E-state index in [4.69, 9.17) is 4.42 Å². The van der Waals surface area contributed by atoms with Crippen molar-refractivity contribution in [2.75, 3.05) is 18.0 Å². The Hall–Kier alpha value is -2.33. The molecule has 0 saturated carbocycles. The quantitative estimate of drug-likeness (QED) is 0.736. The molecule has 4 rings (SSSR count). The van der Waals surface area contributed by atoms with Crippen LogP contribution in [0.15, 0.2) is 45.6 Å². The molecule has 1 aromatic carbocycles. The van der Waals surface area contributed by atoms with Crippen LogP contribution in [0.25, 0.3) is 22.3 Å². The normalized spacial score (nSPS) is 16.3. The van der Waals surface area contributed by atoms with Gasteiger partial charge in [-0.1, -0.05) is 0 Å². The van der Waals surface area contributed by atoms with E-state index >= 15 is 0 Å². The highest BCUT2D eigenvalue weighted by molar-refractivity contribution is 5.90. The van der Waals surface area contributed by atoms with Gasteiger partial charge in [0.25, 0.3) is 0 Å². The molecule has 1 aliphatic carbocycles. The summed E-state index contributed by atoms with van der Waals surface area (Å²) in [7, 11) is 0. The van der Waals surface area contributed by atoms with Gasteiger partial charge in [-0.2, -0.15) is 0 Å². The summed E-state index contributed by atoms with van der Waals surface area (Å²) in [6.45, 7) is 3.87. The molecule has 1 aromatic rings. The smallest absolute Gasteiger partial charge is 0.182 e. The molecule has 1 fully saturated rings. The molecule has 1 saturated heterocycles. The van der Waals surface area contributed by atoms with Crippen molar-refractivity contribution in [1.29, 1.82) is 0 Å². The van der Waals surface area contributed by atoms with Crippen molar-refractivity contribution in [3.05, 3.63) is 52.2 Å². The van der Waals surface area contributed by atoms with Gasteiger partial charge in [0.15, 0.2) is 5.43 Å². The van der Waals surface area contributed by atoms with Crippen molar-refractivity contribution in [2.45, 2.75) is 25.9 Å². The lowest BCUT2D eigenvalue weighted by Crippen LogP contribution is -2.17. The molecule has 1 N–H and O–H groups in total. The Morgan fingerprint density at radius 1 is 1.13 bits per heavy atom. The summed E-state index contributed by atoms with van der Waals surface area (Å²) in [5.41, 5.74) is 3.36. The molecule has 23 heavy (non-hydrogen) atoms. The zero-order chi connectivity index (χ0) is 16.0. The van der Waals surface area contributed by atoms with E-state index in [2.05, 4.69) is 11.0 Å². The fourth-order valence-electron chi connectivity index (χ4n) is 3.51. The molecule has 1 atom stereocenters. The third kappa shape index (κ3) is 2.39. The zero-order valence-corrected chi connectivity index (χ0v) is 13.1. The average Bonchev–Trinajstić information content (AvgIpc) is 3.06. The Bertz CT molecular complexity index is 891. The van der Waals surface area contributed by atoms with Crippen LogP contribution in [0.5, 0.6) is 0 Å². The summed E-state index contributed by atoms with van der Waals surface area (Å²) >= 11 is 0. The van der Waals surface area contributed by atoms with Crippen LogP contribution in [0.3, 0.4) is 0 Å². The number of aliphatic hydroxyl groups is 1. The second kappa shape index (κ2) is 5.39. The molecule has 118 valence electrons. The van der Waals surface area contributed by atoms with Gasteiger partial charge in [0, 0.05) is 47.4 Å². The third-order valence-electron chi connectivity index (χ3n) is 4.61. The number of nitrogens with zero attached hydrogens (tertiary/aromatic N) is 1. The molecule has 2 heterocycles. The van der Waals surface area contributed by atoms with Crippen LogP contribution in [0.4, 0.5) is 5.69 Å². The second-order valence-corrected chi connectivity index (χ2v) is 6.22. The van der Waals surface area contributed by atoms with Crippen LogP contribution in [-0.4, -0.2) is 18.2 Å². The number of fused-ring (bicyclic) bond motifs is 2. The first-order valence-electron chi connectivity index (χ1n) is 8.07. The molecule has 4 nitrogen and oxygen atoms in total. The number of hydrogen-bond acceptors (Lipinski definition) is 4. The molecule has 0 amide bonds. The first kappa shape index (κ1) is 14.3. The van der Waals surface area contributed by atoms with E-state index in [1.165, 1.54) is 25.0 Å². The molecular weight excluding hydrogens is 290 g/mol. The van der Waals surface area contributed by atoms with E-state index in [0.717, 1.165) is 35.3 Å². The van der Waals surface area contributed by atoms with Crippen LogP contribution in [0, 0.1) is 0 Å². The second-order valence-electron chi connectivity index (χ2n) is 6.22. The summed E-state index contributed by atoms with van der Waals surface area (Å²) in [5, 5.41) is 11.1. The molecule has 2 aliphatic heterocycles. The maximum Gasteiger partial charge on any atom is 0.182 e. The van der Waals surface area contributed by atoms with Crippen molar-refractivity contribution in [1.82, 2.24) is 0 Å². The number of anilines is 1. The summed E-state index contributed by atoms with van der Waals surface area (Å²) in [4.78, 5) is 14.0. The van der Waals surface area contributed by atoms with Crippen molar-refractivity contribution in [3.63, 3.8) is 0 Å². The van der Waals surface area contributed by atoms with Gasteiger partial charge in [-0.05, 0) is 44.0 Å². The molecule has 0 aromatic heterocycles. The van der Waals surface area contributed by atoms with E-state index in [1.807, 2.05) is 12.1 Å². The SMILES string of the molecule is CC(O)c1c2ccc(=O)cc-2oc2cc(N3CCCC3)ccc12. The lowest BCUT2D eigenvalue weighted by atomic mass is 9.96. The van der Waals surface area contributed by atoms with Crippen LogP contribution in [-0.2, 0) is 0 Å². The Morgan fingerprint density at radius 3 is 2.65 bits per heavy atom. The average molecular weight is 309 g/mol. The molecule has 0 bridgehead atoms. The highest BCUT2D eigenvalue weighted by Gasteiger charge is 2.20. The maximum atomic E-state index is 11.6. The fourth-order valence-corrected chi connectivity index (χ4v) is 3.51. The standard InChI is InChI=1S/C19H19NO3/c1-12(21)19-15-6-4-13(20-8-2-3-9-20)10-17(15)23-18-11-14(22)5-7-16(18)19/h4-7,10-12,21H,2-3,8-9H2,1H3. The molecule has 0 radical (unpaired) electrons. The summed E-state index contributed by atoms with van der Waals surface area (Å²) in [5.74, 6) is 0.527. The van der Waals surface area contributed by atoms with Gasteiger partial charge in [-0.3, -0.25) is 4.79 Å². The summed E-state index contributed by atoms with van der Waals surface area (Å²) in [6, 6.07) is 10.8. The van der Waals surface area contributed by atoms with E-state index in [0.29, 0.717) is 11.3 Å². The Morgan fingerprint density at radius 2 is 1.91 bits per heavy atom. The monoisotopic (exact) mass is 309 g/mol. The van der Waals surface area contributed by atoms with Crippen LogP contribution < -0.4 is 10.3 Å². The van der Waals surface area contributed by atoms with Gasteiger partial charge in [0.1, 0.15) is 11.3 Å². The first-order valence-corrected chi connectivity index (χ1v) is 8.07. The predicted molar refractivity (Wildman–Crippen MR) is 91.2 cm³/mol. The molecule has 0 spiro atoms. The van der Waals surface area contributed by atoms with Gasteiger partial charge in [0.05, 0.1) is 6.10 Å². The fraction of sp³-hybridized carbons (Fsp3) is 0.316. The molecule has 3 aliphatic rings. The minimum atomic E-state index is -0.633. The van der Waals surface area contributed by atoms with Crippen LogP contribution >= 0.6 is 0 Å². The molecule has 1 unspecified atom stereocenters. The number of hydrogen-bond donors (Lipinski definition) is 1. The third-order valence-corrected chi connectivity index (χ3v) is 4.61. The van der Waals surface area contributed by atoms with Gasteiger partial charge >= 0.3 is 0 Å². The lowest BCUT2D eigenvalue weighted by Gasteiger charge is -2.20. The highest BCUT2D eigenvalue weighted by Crippen LogP contribution is 2.38. The molecular formula is C19H19NO3. The van der Waals surface area contributed by atoms with Crippen molar-refractivity contribution in [3.8, 4) is 11.3 Å². The lowest BCUT2D eigenvalue weighted by molar-refractivity contribution is 0.201. The van der Waals surface area contributed by atoms with Gasteiger partial charge in [-0.15, -0.1) is 0 Å². The highest BCUT2D eigenvalue weighted by atomic mass is 16.3.